The molecule has 1 aromatic carbocycles. The topological polar surface area (TPSA) is 67.5 Å². The number of phenols is 1. The quantitative estimate of drug-likeness (QED) is 0.694. The molecule has 4 heteroatoms. The molecule has 4 nitrogen and oxygen atoms in total. The van der Waals surface area contributed by atoms with Crippen molar-refractivity contribution in [1.29, 1.82) is 0 Å². The number of phenolic OH excluding ortho intramolecular Hbond substituents is 1. The van der Waals surface area contributed by atoms with Gasteiger partial charge in [-0.05, 0) is 43.0 Å². The van der Waals surface area contributed by atoms with Crippen molar-refractivity contribution in [1.82, 2.24) is 0 Å². The Balaban J connectivity index is 1.96. The van der Waals surface area contributed by atoms with Crippen molar-refractivity contribution in [2.24, 2.45) is 11.7 Å². The molecule has 1 atom stereocenters. The SMILES string of the molecule is NCC(Nc1ccc(O)cc1)C1CCOCC1. The highest BCUT2D eigenvalue weighted by molar-refractivity contribution is 5.46. The van der Waals surface area contributed by atoms with Gasteiger partial charge in [0.25, 0.3) is 0 Å². The lowest BCUT2D eigenvalue weighted by atomic mass is 9.91. The van der Waals surface area contributed by atoms with Crippen LogP contribution in [0.3, 0.4) is 0 Å². The predicted octanol–water partition coefficient (Wildman–Crippen LogP) is 1.56. The molecule has 1 aliphatic heterocycles. The number of hydrogen-bond acceptors (Lipinski definition) is 4. The molecule has 0 saturated carbocycles. The van der Waals surface area contributed by atoms with Gasteiger partial charge >= 0.3 is 0 Å². The molecule has 1 unspecified atom stereocenters. The number of ether oxygens (including phenoxy) is 1. The third-order valence-electron chi connectivity index (χ3n) is 3.31. The van der Waals surface area contributed by atoms with Gasteiger partial charge in [-0.25, -0.2) is 0 Å². The molecule has 0 amide bonds. The normalized spacial score (nSPS) is 18.9. The summed E-state index contributed by atoms with van der Waals surface area (Å²) in [5.74, 6) is 0.855. The minimum absolute atomic E-state index is 0.281. The highest BCUT2D eigenvalue weighted by Crippen LogP contribution is 2.22. The fourth-order valence-electron chi connectivity index (χ4n) is 2.26. The Morgan fingerprint density at radius 2 is 1.94 bits per heavy atom. The average Bonchev–Trinajstić information content (AvgIpc) is 2.39. The molecule has 94 valence electrons. The number of nitrogens with one attached hydrogen (secondary N) is 1. The summed E-state index contributed by atoms with van der Waals surface area (Å²) in [7, 11) is 0. The van der Waals surface area contributed by atoms with E-state index < -0.39 is 0 Å². The lowest BCUT2D eigenvalue weighted by molar-refractivity contribution is 0.0614. The molecule has 4 N–H and O–H groups in total. The second kappa shape index (κ2) is 5.89. The van der Waals surface area contributed by atoms with Gasteiger partial charge in [-0.3, -0.25) is 0 Å². The Labute approximate surface area is 102 Å². The van der Waals surface area contributed by atoms with Crippen LogP contribution in [0.2, 0.25) is 0 Å². The fourth-order valence-corrected chi connectivity index (χ4v) is 2.26. The molecule has 1 saturated heterocycles. The highest BCUT2D eigenvalue weighted by Gasteiger charge is 2.22. The first-order valence-corrected chi connectivity index (χ1v) is 6.13. The number of hydrogen-bond donors (Lipinski definition) is 3. The molecular weight excluding hydrogens is 216 g/mol. The predicted molar refractivity (Wildman–Crippen MR) is 68.1 cm³/mol. The zero-order valence-electron chi connectivity index (χ0n) is 9.93. The number of nitrogens with two attached hydrogens (primary N) is 1. The molecule has 1 heterocycles. The molecule has 17 heavy (non-hydrogen) atoms. The standard InChI is InChI=1S/C13H20N2O2/c14-9-13(10-5-7-17-8-6-10)15-11-1-3-12(16)4-2-11/h1-4,10,13,15-16H,5-9,14H2. The van der Waals surface area contributed by atoms with E-state index in [1.807, 2.05) is 12.1 Å². The van der Waals surface area contributed by atoms with Crippen molar-refractivity contribution in [2.75, 3.05) is 25.1 Å². The lowest BCUT2D eigenvalue weighted by Crippen LogP contribution is -2.39. The number of benzene rings is 1. The molecule has 1 fully saturated rings. The molecule has 1 aliphatic rings. The van der Waals surface area contributed by atoms with Crippen molar-refractivity contribution in [2.45, 2.75) is 18.9 Å². The lowest BCUT2D eigenvalue weighted by Gasteiger charge is -2.30. The molecular formula is C13H20N2O2. The second-order valence-electron chi connectivity index (χ2n) is 4.48. The second-order valence-corrected chi connectivity index (χ2v) is 4.48. The molecule has 0 radical (unpaired) electrons. The van der Waals surface area contributed by atoms with Crippen LogP contribution in [0.5, 0.6) is 5.75 Å². The summed E-state index contributed by atoms with van der Waals surface area (Å²) >= 11 is 0. The van der Waals surface area contributed by atoms with Crippen molar-refractivity contribution < 1.29 is 9.84 Å². The molecule has 0 spiro atoms. The van der Waals surface area contributed by atoms with Crippen LogP contribution in [0.4, 0.5) is 5.69 Å². The van der Waals surface area contributed by atoms with E-state index in [-0.39, 0.29) is 11.8 Å². The maximum Gasteiger partial charge on any atom is 0.115 e. The average molecular weight is 236 g/mol. The Kier molecular flexibility index (Phi) is 4.23. The molecule has 1 aromatic rings. The van der Waals surface area contributed by atoms with Crippen molar-refractivity contribution >= 4 is 5.69 Å². The van der Waals surface area contributed by atoms with Gasteiger partial charge in [0.15, 0.2) is 0 Å². The maximum atomic E-state index is 9.23. The van der Waals surface area contributed by atoms with Crippen molar-refractivity contribution in [3.05, 3.63) is 24.3 Å². The monoisotopic (exact) mass is 236 g/mol. The number of anilines is 1. The van der Waals surface area contributed by atoms with Gasteiger partial charge in [0.1, 0.15) is 5.75 Å². The molecule has 2 rings (SSSR count). The van der Waals surface area contributed by atoms with Crippen LogP contribution in [-0.2, 0) is 4.74 Å². The summed E-state index contributed by atoms with van der Waals surface area (Å²) in [6.07, 6.45) is 2.12. The first kappa shape index (κ1) is 12.2. The van der Waals surface area contributed by atoms with Gasteiger partial charge in [-0.1, -0.05) is 0 Å². The van der Waals surface area contributed by atoms with Gasteiger partial charge < -0.3 is 20.9 Å². The van der Waals surface area contributed by atoms with Gasteiger partial charge in [0.2, 0.25) is 0 Å². The summed E-state index contributed by atoms with van der Waals surface area (Å²) in [5.41, 5.74) is 6.83. The first-order chi connectivity index (χ1) is 8.29. The smallest absolute Gasteiger partial charge is 0.115 e. The Morgan fingerprint density at radius 3 is 2.53 bits per heavy atom. The van der Waals surface area contributed by atoms with Gasteiger partial charge in [-0.15, -0.1) is 0 Å². The zero-order chi connectivity index (χ0) is 12.1. The van der Waals surface area contributed by atoms with Crippen LogP contribution in [0.15, 0.2) is 24.3 Å². The summed E-state index contributed by atoms with van der Waals surface area (Å²) < 4.78 is 5.36. The van der Waals surface area contributed by atoms with E-state index >= 15 is 0 Å². The minimum atomic E-state index is 0.281. The fraction of sp³-hybridized carbons (Fsp3) is 0.538. The van der Waals surface area contributed by atoms with Crippen molar-refractivity contribution in [3.8, 4) is 5.75 Å². The largest absolute Gasteiger partial charge is 0.508 e. The third-order valence-corrected chi connectivity index (χ3v) is 3.31. The first-order valence-electron chi connectivity index (χ1n) is 6.13. The van der Waals surface area contributed by atoms with Gasteiger partial charge in [0, 0.05) is 31.5 Å². The van der Waals surface area contributed by atoms with Crippen LogP contribution in [0.25, 0.3) is 0 Å². The van der Waals surface area contributed by atoms with Crippen LogP contribution in [0, 0.1) is 5.92 Å². The summed E-state index contributed by atoms with van der Waals surface area (Å²) in [6.45, 7) is 2.28. The summed E-state index contributed by atoms with van der Waals surface area (Å²) in [4.78, 5) is 0. The van der Waals surface area contributed by atoms with E-state index in [0.717, 1.165) is 31.7 Å². The Bertz CT molecular complexity index is 334. The van der Waals surface area contributed by atoms with Crippen molar-refractivity contribution in [3.63, 3.8) is 0 Å². The van der Waals surface area contributed by atoms with E-state index in [0.29, 0.717) is 12.5 Å². The maximum absolute atomic E-state index is 9.23. The van der Waals surface area contributed by atoms with Crippen LogP contribution in [-0.4, -0.2) is 30.9 Å². The number of aromatic hydroxyl groups is 1. The van der Waals surface area contributed by atoms with Crippen LogP contribution >= 0.6 is 0 Å². The van der Waals surface area contributed by atoms with E-state index in [9.17, 15) is 5.11 Å². The van der Waals surface area contributed by atoms with Gasteiger partial charge in [0.05, 0.1) is 0 Å². The Hall–Kier alpha value is -1.26. The van der Waals surface area contributed by atoms with Crippen LogP contribution in [0.1, 0.15) is 12.8 Å². The summed E-state index contributed by atoms with van der Waals surface area (Å²) in [6, 6.07) is 7.39. The number of rotatable bonds is 4. The minimum Gasteiger partial charge on any atom is -0.508 e. The molecule has 0 bridgehead atoms. The van der Waals surface area contributed by atoms with E-state index in [1.54, 1.807) is 12.1 Å². The van der Waals surface area contributed by atoms with E-state index in [2.05, 4.69) is 5.32 Å². The van der Waals surface area contributed by atoms with Gasteiger partial charge in [-0.2, -0.15) is 0 Å². The Morgan fingerprint density at radius 1 is 1.29 bits per heavy atom. The highest BCUT2D eigenvalue weighted by atomic mass is 16.5. The zero-order valence-corrected chi connectivity index (χ0v) is 9.93. The molecule has 0 aliphatic carbocycles. The third kappa shape index (κ3) is 3.35. The molecule has 0 aromatic heterocycles. The van der Waals surface area contributed by atoms with Crippen LogP contribution < -0.4 is 11.1 Å². The summed E-state index contributed by atoms with van der Waals surface area (Å²) in [5, 5.41) is 12.7. The van der Waals surface area contributed by atoms with E-state index in [4.69, 9.17) is 10.5 Å². The van der Waals surface area contributed by atoms with E-state index in [1.165, 1.54) is 0 Å².